The van der Waals surface area contributed by atoms with Crippen LogP contribution in [0.4, 0.5) is 11.5 Å². The Morgan fingerprint density at radius 2 is 1.85 bits per heavy atom. The lowest BCUT2D eigenvalue weighted by Gasteiger charge is -2.27. The van der Waals surface area contributed by atoms with Crippen molar-refractivity contribution in [2.24, 2.45) is 0 Å². The smallest absolute Gasteiger partial charge is 0.240 e. The van der Waals surface area contributed by atoms with Gasteiger partial charge in [0.1, 0.15) is 5.82 Å². The van der Waals surface area contributed by atoms with E-state index in [1.54, 1.807) is 30.5 Å². The number of carbonyl (C=O) groups is 1. The molecule has 0 radical (unpaired) electrons. The number of hydrogen-bond acceptors (Lipinski definition) is 6. The third-order valence-corrected chi connectivity index (χ3v) is 5.54. The van der Waals surface area contributed by atoms with Crippen molar-refractivity contribution >= 4 is 27.4 Å². The molecule has 0 aliphatic carbocycles. The molecule has 0 bridgehead atoms. The molecule has 3 rings (SSSR count). The third kappa shape index (κ3) is 5.49. The SMILES string of the molecule is O=C(CCNS(=O)(=O)c1ccccc1)Nc1ccc(N2CCOCC2)nc1. The number of morpholine rings is 1. The van der Waals surface area contributed by atoms with Gasteiger partial charge in [-0.2, -0.15) is 0 Å². The molecule has 1 saturated heterocycles. The molecule has 2 heterocycles. The van der Waals surface area contributed by atoms with Gasteiger partial charge in [-0.3, -0.25) is 4.79 Å². The van der Waals surface area contributed by atoms with Gasteiger partial charge in [0.25, 0.3) is 0 Å². The largest absolute Gasteiger partial charge is 0.378 e. The number of benzene rings is 1. The predicted octanol–water partition coefficient (Wildman–Crippen LogP) is 1.23. The predicted molar refractivity (Wildman–Crippen MR) is 102 cm³/mol. The standard InChI is InChI=1S/C18H22N4O4S/c23-18(8-9-20-27(24,25)16-4-2-1-3-5-16)21-15-6-7-17(19-14-15)22-10-12-26-13-11-22/h1-7,14,20H,8-13H2,(H,21,23). The monoisotopic (exact) mass is 390 g/mol. The van der Waals surface area contributed by atoms with Crippen LogP contribution in [0.15, 0.2) is 53.6 Å². The van der Waals surface area contributed by atoms with Gasteiger partial charge in [0.15, 0.2) is 0 Å². The number of ether oxygens (including phenoxy) is 1. The van der Waals surface area contributed by atoms with Crippen molar-refractivity contribution in [1.82, 2.24) is 9.71 Å². The van der Waals surface area contributed by atoms with Crippen molar-refractivity contribution < 1.29 is 17.9 Å². The Morgan fingerprint density at radius 3 is 2.52 bits per heavy atom. The number of amides is 1. The minimum atomic E-state index is -3.60. The highest BCUT2D eigenvalue weighted by atomic mass is 32.2. The zero-order chi connectivity index (χ0) is 19.1. The maximum atomic E-state index is 12.1. The maximum Gasteiger partial charge on any atom is 0.240 e. The van der Waals surface area contributed by atoms with Crippen LogP contribution in [0.2, 0.25) is 0 Å². The highest BCUT2D eigenvalue weighted by molar-refractivity contribution is 7.89. The van der Waals surface area contributed by atoms with Crippen LogP contribution in [-0.2, 0) is 19.6 Å². The highest BCUT2D eigenvalue weighted by Gasteiger charge is 2.14. The van der Waals surface area contributed by atoms with Crippen LogP contribution in [0.3, 0.4) is 0 Å². The Bertz CT molecular complexity index is 851. The second-order valence-corrected chi connectivity index (χ2v) is 7.78. The summed E-state index contributed by atoms with van der Waals surface area (Å²) in [7, 11) is -3.60. The zero-order valence-electron chi connectivity index (χ0n) is 14.8. The molecular weight excluding hydrogens is 368 g/mol. The molecule has 0 atom stereocenters. The number of anilines is 2. The van der Waals surface area contributed by atoms with E-state index in [9.17, 15) is 13.2 Å². The van der Waals surface area contributed by atoms with Crippen molar-refractivity contribution in [1.29, 1.82) is 0 Å². The molecule has 1 aromatic carbocycles. The second-order valence-electron chi connectivity index (χ2n) is 6.01. The fourth-order valence-corrected chi connectivity index (χ4v) is 3.70. The van der Waals surface area contributed by atoms with E-state index in [4.69, 9.17) is 4.74 Å². The summed E-state index contributed by atoms with van der Waals surface area (Å²) in [4.78, 5) is 18.7. The van der Waals surface area contributed by atoms with E-state index < -0.39 is 10.0 Å². The molecule has 1 aromatic heterocycles. The van der Waals surface area contributed by atoms with Gasteiger partial charge in [-0.25, -0.2) is 18.1 Å². The summed E-state index contributed by atoms with van der Waals surface area (Å²) in [5.41, 5.74) is 0.572. The molecular formula is C18H22N4O4S. The summed E-state index contributed by atoms with van der Waals surface area (Å²) in [5.74, 6) is 0.554. The number of sulfonamides is 1. The lowest BCUT2D eigenvalue weighted by atomic mass is 10.3. The van der Waals surface area contributed by atoms with Gasteiger partial charge in [-0.15, -0.1) is 0 Å². The lowest BCUT2D eigenvalue weighted by Crippen LogP contribution is -2.36. The number of aromatic nitrogens is 1. The van der Waals surface area contributed by atoms with Gasteiger partial charge < -0.3 is 15.0 Å². The Balaban J connectivity index is 1.46. The third-order valence-electron chi connectivity index (χ3n) is 4.06. The van der Waals surface area contributed by atoms with Gasteiger partial charge >= 0.3 is 0 Å². The van der Waals surface area contributed by atoms with Crippen molar-refractivity contribution in [3.8, 4) is 0 Å². The van der Waals surface area contributed by atoms with Crippen LogP contribution in [0.1, 0.15) is 6.42 Å². The molecule has 1 fully saturated rings. The van der Waals surface area contributed by atoms with Gasteiger partial charge in [-0.05, 0) is 24.3 Å². The summed E-state index contributed by atoms with van der Waals surface area (Å²) in [5, 5.41) is 2.72. The van der Waals surface area contributed by atoms with E-state index in [2.05, 4.69) is 19.9 Å². The lowest BCUT2D eigenvalue weighted by molar-refractivity contribution is -0.116. The number of hydrogen-bond donors (Lipinski definition) is 2. The van der Waals surface area contributed by atoms with Gasteiger partial charge in [0.05, 0.1) is 30.0 Å². The van der Waals surface area contributed by atoms with Crippen molar-refractivity contribution in [2.75, 3.05) is 43.1 Å². The van der Waals surface area contributed by atoms with Crippen LogP contribution in [0.25, 0.3) is 0 Å². The summed E-state index contributed by atoms with van der Waals surface area (Å²) in [6.45, 7) is 2.96. The Labute approximate surface area is 158 Å². The molecule has 1 aliphatic rings. The van der Waals surface area contributed by atoms with E-state index in [0.717, 1.165) is 18.9 Å². The minimum Gasteiger partial charge on any atom is -0.378 e. The zero-order valence-corrected chi connectivity index (χ0v) is 15.6. The van der Waals surface area contributed by atoms with Crippen molar-refractivity contribution in [2.45, 2.75) is 11.3 Å². The van der Waals surface area contributed by atoms with E-state index in [-0.39, 0.29) is 23.8 Å². The molecule has 1 aliphatic heterocycles. The Hall–Kier alpha value is -2.49. The molecule has 144 valence electrons. The van der Waals surface area contributed by atoms with Crippen LogP contribution in [0.5, 0.6) is 0 Å². The van der Waals surface area contributed by atoms with Crippen LogP contribution in [0, 0.1) is 0 Å². The number of pyridine rings is 1. The molecule has 0 saturated carbocycles. The number of nitrogens with zero attached hydrogens (tertiary/aromatic N) is 2. The summed E-state index contributed by atoms with van der Waals surface area (Å²) >= 11 is 0. The minimum absolute atomic E-state index is 0.0162. The van der Waals surface area contributed by atoms with E-state index >= 15 is 0 Å². The maximum absolute atomic E-state index is 12.1. The van der Waals surface area contributed by atoms with E-state index in [0.29, 0.717) is 18.9 Å². The van der Waals surface area contributed by atoms with Crippen LogP contribution < -0.4 is 14.9 Å². The molecule has 0 spiro atoms. The highest BCUT2D eigenvalue weighted by Crippen LogP contribution is 2.15. The normalized spacial score (nSPS) is 14.7. The first kappa shape index (κ1) is 19.3. The molecule has 8 nitrogen and oxygen atoms in total. The molecule has 27 heavy (non-hydrogen) atoms. The van der Waals surface area contributed by atoms with Gasteiger partial charge in [0.2, 0.25) is 15.9 Å². The number of rotatable bonds is 7. The fraction of sp³-hybridized carbons (Fsp3) is 0.333. The Kier molecular flexibility index (Phi) is 6.38. The van der Waals surface area contributed by atoms with Gasteiger partial charge in [0, 0.05) is 26.1 Å². The quantitative estimate of drug-likeness (QED) is 0.737. The summed E-state index contributed by atoms with van der Waals surface area (Å²) < 4.78 is 31.9. The summed E-state index contributed by atoms with van der Waals surface area (Å²) in [6.07, 6.45) is 1.62. The first-order chi connectivity index (χ1) is 13.0. The first-order valence-corrected chi connectivity index (χ1v) is 10.2. The molecule has 0 unspecified atom stereocenters. The Morgan fingerprint density at radius 1 is 1.11 bits per heavy atom. The van der Waals surface area contributed by atoms with Crippen molar-refractivity contribution in [3.63, 3.8) is 0 Å². The molecule has 9 heteroatoms. The van der Waals surface area contributed by atoms with Crippen LogP contribution in [-0.4, -0.2) is 52.2 Å². The van der Waals surface area contributed by atoms with Crippen LogP contribution >= 0.6 is 0 Å². The fourth-order valence-electron chi connectivity index (χ4n) is 2.64. The number of carbonyl (C=O) groups excluding carboxylic acids is 1. The summed E-state index contributed by atoms with van der Waals surface area (Å²) in [6, 6.07) is 11.7. The first-order valence-electron chi connectivity index (χ1n) is 8.68. The van der Waals surface area contributed by atoms with Gasteiger partial charge in [-0.1, -0.05) is 18.2 Å². The van der Waals surface area contributed by atoms with E-state index in [1.165, 1.54) is 12.1 Å². The molecule has 2 aromatic rings. The molecule has 2 N–H and O–H groups in total. The molecule has 1 amide bonds. The average Bonchev–Trinajstić information content (AvgIpc) is 2.70. The second kappa shape index (κ2) is 8.94. The number of nitrogens with one attached hydrogen (secondary N) is 2. The van der Waals surface area contributed by atoms with Crippen molar-refractivity contribution in [3.05, 3.63) is 48.7 Å². The average molecular weight is 390 g/mol. The topological polar surface area (TPSA) is 101 Å². The van der Waals surface area contributed by atoms with E-state index in [1.807, 2.05) is 6.07 Å².